The molecule has 8 heteroatoms. The number of benzene rings is 1. The highest BCUT2D eigenvalue weighted by atomic mass is 19.4. The summed E-state index contributed by atoms with van der Waals surface area (Å²) < 4.78 is 37.6. The normalized spacial score (nSPS) is 28.8. The number of carbonyl (C=O) groups is 3. The van der Waals surface area contributed by atoms with Gasteiger partial charge in [0.1, 0.15) is 6.54 Å². The lowest BCUT2D eigenvalue weighted by Crippen LogP contribution is -2.41. The van der Waals surface area contributed by atoms with Crippen molar-refractivity contribution in [2.75, 3.05) is 6.54 Å². The number of rotatable bonds is 4. The van der Waals surface area contributed by atoms with E-state index in [2.05, 4.69) is 5.32 Å². The number of amides is 3. The molecule has 2 bridgehead atoms. The summed E-state index contributed by atoms with van der Waals surface area (Å²) in [5, 5.41) is 2.55. The first-order valence-electron chi connectivity index (χ1n) is 8.72. The summed E-state index contributed by atoms with van der Waals surface area (Å²) in [5.41, 5.74) is -0.268. The Morgan fingerprint density at radius 1 is 1.04 bits per heavy atom. The van der Waals surface area contributed by atoms with E-state index in [1.807, 2.05) is 12.2 Å². The number of hydrogen-bond acceptors (Lipinski definition) is 3. The second-order valence-electron chi connectivity index (χ2n) is 7.23. The molecule has 142 valence electrons. The number of likely N-dealkylation sites (tertiary alicyclic amines) is 1. The molecule has 0 aromatic heterocycles. The number of halogens is 3. The van der Waals surface area contributed by atoms with Crippen molar-refractivity contribution in [3.63, 3.8) is 0 Å². The monoisotopic (exact) mass is 378 g/mol. The van der Waals surface area contributed by atoms with Crippen molar-refractivity contribution in [1.82, 2.24) is 10.2 Å². The minimum Gasteiger partial charge on any atom is -0.350 e. The zero-order valence-corrected chi connectivity index (χ0v) is 14.2. The molecule has 3 amide bonds. The van der Waals surface area contributed by atoms with E-state index in [-0.39, 0.29) is 48.6 Å². The average Bonchev–Trinajstić information content (AvgIpc) is 3.29. The molecule has 0 radical (unpaired) electrons. The maximum Gasteiger partial charge on any atom is 0.416 e. The van der Waals surface area contributed by atoms with Crippen LogP contribution in [0.5, 0.6) is 0 Å². The number of nitrogens with one attached hydrogen (secondary N) is 1. The average molecular weight is 378 g/mol. The Hall–Kier alpha value is -2.64. The number of carbonyl (C=O) groups excluding carboxylic acids is 3. The maximum absolute atomic E-state index is 12.5. The van der Waals surface area contributed by atoms with E-state index in [1.165, 1.54) is 12.1 Å². The largest absolute Gasteiger partial charge is 0.416 e. The first-order valence-corrected chi connectivity index (χ1v) is 8.72. The highest BCUT2D eigenvalue weighted by Crippen LogP contribution is 2.52. The quantitative estimate of drug-likeness (QED) is 0.645. The topological polar surface area (TPSA) is 66.5 Å². The summed E-state index contributed by atoms with van der Waals surface area (Å²) in [6.07, 6.45) is 0.363. The second-order valence-corrected chi connectivity index (χ2v) is 7.23. The van der Waals surface area contributed by atoms with Crippen LogP contribution in [0.2, 0.25) is 0 Å². The second kappa shape index (κ2) is 6.21. The molecule has 1 saturated carbocycles. The van der Waals surface area contributed by atoms with Crippen molar-refractivity contribution in [2.45, 2.75) is 19.1 Å². The summed E-state index contributed by atoms with van der Waals surface area (Å²) in [6.45, 7) is -0.336. The fourth-order valence-electron chi connectivity index (χ4n) is 4.33. The van der Waals surface area contributed by atoms with E-state index in [1.54, 1.807) is 0 Å². The van der Waals surface area contributed by atoms with Gasteiger partial charge < -0.3 is 5.32 Å². The van der Waals surface area contributed by atoms with Gasteiger partial charge >= 0.3 is 6.18 Å². The first-order chi connectivity index (χ1) is 12.8. The number of alkyl halides is 3. The third-order valence-corrected chi connectivity index (χ3v) is 5.63. The van der Waals surface area contributed by atoms with Gasteiger partial charge in [0.2, 0.25) is 17.7 Å². The predicted octanol–water partition coefficient (Wildman–Crippen LogP) is 2.13. The Morgan fingerprint density at radius 3 is 2.11 bits per heavy atom. The van der Waals surface area contributed by atoms with Gasteiger partial charge in [0.25, 0.3) is 0 Å². The van der Waals surface area contributed by atoms with Crippen molar-refractivity contribution < 1.29 is 27.6 Å². The standard InChI is InChI=1S/C19H17F3N2O3/c20-19(21,22)13-5-1-10(2-6-13)8-23-14(25)9-24-17(26)15-11-3-4-12(7-11)16(15)18(24)27/h1-6,11-12,15-16H,7-9H2,(H,23,25). The minimum atomic E-state index is -4.41. The van der Waals surface area contributed by atoms with E-state index < -0.39 is 17.6 Å². The van der Waals surface area contributed by atoms with Crippen LogP contribution in [-0.2, 0) is 27.1 Å². The zero-order chi connectivity index (χ0) is 19.3. The van der Waals surface area contributed by atoms with Gasteiger partial charge in [0.15, 0.2) is 0 Å². The van der Waals surface area contributed by atoms with Crippen LogP contribution >= 0.6 is 0 Å². The molecule has 5 nitrogen and oxygen atoms in total. The smallest absolute Gasteiger partial charge is 0.350 e. The van der Waals surface area contributed by atoms with E-state index >= 15 is 0 Å². The number of fused-ring (bicyclic) bond motifs is 5. The lowest BCUT2D eigenvalue weighted by Gasteiger charge is -2.17. The van der Waals surface area contributed by atoms with Gasteiger partial charge in [-0.05, 0) is 36.0 Å². The third-order valence-electron chi connectivity index (χ3n) is 5.63. The molecule has 2 aliphatic carbocycles. The molecule has 2 fully saturated rings. The van der Waals surface area contributed by atoms with E-state index in [0.29, 0.717) is 5.56 Å². The highest BCUT2D eigenvalue weighted by Gasteiger charge is 2.59. The number of nitrogens with zero attached hydrogens (tertiary/aromatic N) is 1. The summed E-state index contributed by atoms with van der Waals surface area (Å²) >= 11 is 0. The summed E-state index contributed by atoms with van der Waals surface area (Å²) in [6, 6.07) is 4.45. The van der Waals surface area contributed by atoms with Crippen LogP contribution in [-0.4, -0.2) is 29.2 Å². The van der Waals surface area contributed by atoms with Crippen LogP contribution < -0.4 is 5.32 Å². The van der Waals surface area contributed by atoms with Crippen LogP contribution in [0, 0.1) is 23.7 Å². The Bertz CT molecular complexity index is 802. The van der Waals surface area contributed by atoms with E-state index in [4.69, 9.17) is 0 Å². The molecule has 27 heavy (non-hydrogen) atoms. The Labute approximate surface area is 153 Å². The van der Waals surface area contributed by atoms with Gasteiger partial charge in [-0.3, -0.25) is 19.3 Å². The van der Waals surface area contributed by atoms with Gasteiger partial charge in [0, 0.05) is 6.54 Å². The van der Waals surface area contributed by atoms with Gasteiger partial charge in [-0.25, -0.2) is 0 Å². The summed E-state index contributed by atoms with van der Waals surface area (Å²) in [7, 11) is 0. The molecule has 1 heterocycles. The highest BCUT2D eigenvalue weighted by molar-refractivity contribution is 6.08. The van der Waals surface area contributed by atoms with Crippen LogP contribution in [0.15, 0.2) is 36.4 Å². The Morgan fingerprint density at radius 2 is 1.59 bits per heavy atom. The molecule has 1 saturated heterocycles. The number of hydrogen-bond donors (Lipinski definition) is 1. The molecule has 4 atom stereocenters. The van der Waals surface area contributed by atoms with E-state index in [9.17, 15) is 27.6 Å². The fraction of sp³-hybridized carbons (Fsp3) is 0.421. The maximum atomic E-state index is 12.5. The van der Waals surface area contributed by atoms with Crippen LogP contribution in [0.25, 0.3) is 0 Å². The molecule has 1 aromatic rings. The predicted molar refractivity (Wildman–Crippen MR) is 87.7 cm³/mol. The van der Waals surface area contributed by atoms with Gasteiger partial charge in [-0.15, -0.1) is 0 Å². The molecule has 0 spiro atoms. The Kier molecular flexibility index (Phi) is 4.09. The summed E-state index contributed by atoms with van der Waals surface area (Å²) in [5.74, 6) is -1.66. The Balaban J connectivity index is 1.34. The molecular formula is C19H17F3N2O3. The molecule has 3 aliphatic rings. The molecule has 4 unspecified atom stereocenters. The van der Waals surface area contributed by atoms with E-state index in [0.717, 1.165) is 23.5 Å². The fourth-order valence-corrected chi connectivity index (χ4v) is 4.33. The van der Waals surface area contributed by atoms with Crippen molar-refractivity contribution in [1.29, 1.82) is 0 Å². The van der Waals surface area contributed by atoms with Crippen LogP contribution in [0.3, 0.4) is 0 Å². The van der Waals surface area contributed by atoms with Crippen molar-refractivity contribution >= 4 is 17.7 Å². The lowest BCUT2D eigenvalue weighted by atomic mass is 9.85. The van der Waals surface area contributed by atoms with Gasteiger partial charge in [-0.1, -0.05) is 24.3 Å². The van der Waals surface area contributed by atoms with Crippen LogP contribution in [0.1, 0.15) is 17.5 Å². The minimum absolute atomic E-state index is 0.0207. The first kappa shape index (κ1) is 17.8. The van der Waals surface area contributed by atoms with Crippen molar-refractivity contribution in [2.24, 2.45) is 23.7 Å². The SMILES string of the molecule is O=C(CN1C(=O)C2C3C=CC(C3)C2C1=O)NCc1ccc(C(F)(F)F)cc1. The van der Waals surface area contributed by atoms with Gasteiger partial charge in [0.05, 0.1) is 17.4 Å². The third kappa shape index (κ3) is 3.02. The molecule has 4 rings (SSSR count). The lowest BCUT2D eigenvalue weighted by molar-refractivity contribution is -0.144. The molecule has 1 aliphatic heterocycles. The molecule has 1 N–H and O–H groups in total. The number of imide groups is 1. The zero-order valence-electron chi connectivity index (χ0n) is 14.2. The van der Waals surface area contributed by atoms with Crippen LogP contribution in [0.4, 0.5) is 13.2 Å². The molecular weight excluding hydrogens is 361 g/mol. The molecule has 1 aromatic carbocycles. The number of allylic oxidation sites excluding steroid dienone is 2. The van der Waals surface area contributed by atoms with Crippen molar-refractivity contribution in [3.05, 3.63) is 47.5 Å². The summed E-state index contributed by atoms with van der Waals surface area (Å²) in [4.78, 5) is 38.2. The van der Waals surface area contributed by atoms with Crippen molar-refractivity contribution in [3.8, 4) is 0 Å². The van der Waals surface area contributed by atoms with Gasteiger partial charge in [-0.2, -0.15) is 13.2 Å².